The summed E-state index contributed by atoms with van der Waals surface area (Å²) in [7, 11) is 0. The molecule has 0 saturated heterocycles. The van der Waals surface area contributed by atoms with Crippen molar-refractivity contribution >= 4 is 0 Å². The first-order chi connectivity index (χ1) is 21.3. The number of unbranched alkanes of at least 4 members (excludes halogenated alkanes) is 18. The van der Waals surface area contributed by atoms with E-state index < -0.39 is 0 Å². The van der Waals surface area contributed by atoms with E-state index >= 15 is 0 Å². The molecule has 2 rings (SSSR count). The Bertz CT molecular complexity index is 835. The molecule has 0 aliphatic carbocycles. The predicted molar refractivity (Wildman–Crippen MR) is 192 cm³/mol. The molecule has 0 heterocycles. The Labute approximate surface area is 268 Å². The number of nitrogens with zero attached hydrogens (tertiary/aromatic N) is 1. The van der Waals surface area contributed by atoms with Gasteiger partial charge in [0, 0.05) is 11.1 Å². The molecule has 0 bridgehead atoms. The second-order valence-corrected chi connectivity index (χ2v) is 13.2. The molecule has 0 N–H and O–H groups in total. The number of hydrogen-bond acceptors (Lipinski definition) is 0. The van der Waals surface area contributed by atoms with Gasteiger partial charge in [-0.2, -0.15) is 0 Å². The third-order valence-corrected chi connectivity index (χ3v) is 9.20. The molecular weight excluding hydrogens is 518 g/mol. The van der Waals surface area contributed by atoms with Gasteiger partial charge in [0.25, 0.3) is 0 Å². The molecule has 0 aliphatic rings. The first-order valence-corrected chi connectivity index (χ1v) is 18.4. The molecule has 1 nitrogen and oxygen atoms in total. The van der Waals surface area contributed by atoms with Crippen molar-refractivity contribution < 1.29 is 4.48 Å². The Balaban J connectivity index is 1.82. The summed E-state index contributed by atoms with van der Waals surface area (Å²) in [5.41, 5.74) is 3.00. The zero-order valence-electron chi connectivity index (χ0n) is 28.5. The highest BCUT2D eigenvalue weighted by Crippen LogP contribution is 2.24. The summed E-state index contributed by atoms with van der Waals surface area (Å²) in [5.74, 6) is 0. The summed E-state index contributed by atoms with van der Waals surface area (Å²) in [4.78, 5) is 0. The van der Waals surface area contributed by atoms with Crippen LogP contribution in [-0.4, -0.2) is 17.6 Å². The fourth-order valence-electron chi connectivity index (χ4n) is 6.65. The van der Waals surface area contributed by atoms with Crippen LogP contribution in [0.5, 0.6) is 0 Å². The van der Waals surface area contributed by atoms with Crippen LogP contribution in [0.3, 0.4) is 0 Å². The number of allylic oxidation sites excluding steroid dienone is 4. The van der Waals surface area contributed by atoms with Gasteiger partial charge in [-0.3, -0.25) is 0 Å². The van der Waals surface area contributed by atoms with E-state index in [0.29, 0.717) is 0 Å². The van der Waals surface area contributed by atoms with Crippen LogP contribution in [0.25, 0.3) is 0 Å². The molecular formula is C42H68N+. The highest BCUT2D eigenvalue weighted by molar-refractivity contribution is 5.15. The van der Waals surface area contributed by atoms with E-state index in [1.807, 2.05) is 0 Å². The van der Waals surface area contributed by atoms with Crippen molar-refractivity contribution in [2.24, 2.45) is 0 Å². The van der Waals surface area contributed by atoms with Gasteiger partial charge in [0.05, 0.1) is 13.1 Å². The van der Waals surface area contributed by atoms with Crippen LogP contribution in [0, 0.1) is 0 Å². The van der Waals surface area contributed by atoms with Gasteiger partial charge in [-0.1, -0.05) is 162 Å². The molecule has 0 radical (unpaired) electrons. The maximum Gasteiger partial charge on any atom is 0.105 e. The Morgan fingerprint density at radius 3 is 1.02 bits per heavy atom. The highest BCUT2D eigenvalue weighted by Gasteiger charge is 2.27. The molecule has 0 unspecified atom stereocenters. The quantitative estimate of drug-likeness (QED) is 0.0528. The minimum atomic E-state index is 1.16. The van der Waals surface area contributed by atoms with Gasteiger partial charge in [-0.25, -0.2) is 0 Å². The SMILES string of the molecule is C/C=C/CCCCCCCCCCC[N+](CCCCCCCCCCC/C=C/C)(Cc1ccccc1)Cc1ccccc1. The van der Waals surface area contributed by atoms with Gasteiger partial charge >= 0.3 is 0 Å². The van der Waals surface area contributed by atoms with Crippen LogP contribution < -0.4 is 0 Å². The number of hydrogen-bond donors (Lipinski definition) is 0. The van der Waals surface area contributed by atoms with E-state index in [1.165, 1.54) is 157 Å². The summed E-state index contributed by atoms with van der Waals surface area (Å²) in [5, 5.41) is 0. The van der Waals surface area contributed by atoms with E-state index in [1.54, 1.807) is 0 Å². The molecule has 1 heteroatoms. The van der Waals surface area contributed by atoms with Crippen molar-refractivity contribution in [3.05, 3.63) is 96.1 Å². The van der Waals surface area contributed by atoms with E-state index in [4.69, 9.17) is 0 Å². The van der Waals surface area contributed by atoms with Gasteiger partial charge < -0.3 is 4.48 Å². The van der Waals surface area contributed by atoms with Crippen molar-refractivity contribution in [1.29, 1.82) is 0 Å². The highest BCUT2D eigenvalue weighted by atomic mass is 15.3. The van der Waals surface area contributed by atoms with Crippen LogP contribution >= 0.6 is 0 Å². The van der Waals surface area contributed by atoms with Crippen molar-refractivity contribution in [3.63, 3.8) is 0 Å². The van der Waals surface area contributed by atoms with Crippen LogP contribution in [0.2, 0.25) is 0 Å². The lowest BCUT2D eigenvalue weighted by Gasteiger charge is -2.39. The fraction of sp³-hybridized carbons (Fsp3) is 0.619. The lowest BCUT2D eigenvalue weighted by molar-refractivity contribution is -0.954. The van der Waals surface area contributed by atoms with Gasteiger partial charge in [0.15, 0.2) is 0 Å². The van der Waals surface area contributed by atoms with Crippen molar-refractivity contribution in [2.75, 3.05) is 13.1 Å². The Morgan fingerprint density at radius 1 is 0.395 bits per heavy atom. The predicted octanol–water partition coefficient (Wildman–Crippen LogP) is 13.2. The molecule has 0 fully saturated rings. The summed E-state index contributed by atoms with van der Waals surface area (Å²) >= 11 is 0. The van der Waals surface area contributed by atoms with Crippen LogP contribution in [0.1, 0.15) is 153 Å². The summed E-state index contributed by atoms with van der Waals surface area (Å²) in [6, 6.07) is 22.7. The third-order valence-electron chi connectivity index (χ3n) is 9.20. The smallest absolute Gasteiger partial charge is 0.105 e. The normalized spacial score (nSPS) is 12.1. The molecule has 2 aromatic rings. The third kappa shape index (κ3) is 19.7. The second-order valence-electron chi connectivity index (χ2n) is 13.2. The summed E-state index contributed by atoms with van der Waals surface area (Å²) in [6.07, 6.45) is 36.7. The maximum absolute atomic E-state index is 2.36. The molecule has 0 spiro atoms. The first-order valence-electron chi connectivity index (χ1n) is 18.4. The standard InChI is InChI=1S/C42H68N/c1-3-5-7-9-11-13-15-17-19-21-23-31-37-43(39-41-33-27-25-28-34-41,40-42-35-29-26-30-36-42)38-32-24-22-20-18-16-14-12-10-8-6-4-2/h3-6,25-30,33-36H,7-24,31-32,37-40H2,1-2H3/q+1/b5-3+,6-4+. The van der Waals surface area contributed by atoms with E-state index in [0.717, 1.165) is 13.1 Å². The van der Waals surface area contributed by atoms with Crippen molar-refractivity contribution in [3.8, 4) is 0 Å². The molecule has 2 aromatic carbocycles. The Morgan fingerprint density at radius 2 is 0.698 bits per heavy atom. The minimum absolute atomic E-state index is 1.16. The first kappa shape index (κ1) is 37.1. The molecule has 0 aromatic heterocycles. The van der Waals surface area contributed by atoms with Crippen LogP contribution in [0.15, 0.2) is 85.0 Å². The zero-order chi connectivity index (χ0) is 30.5. The van der Waals surface area contributed by atoms with E-state index in [9.17, 15) is 0 Å². The topological polar surface area (TPSA) is 0 Å². The number of quaternary nitrogens is 1. The molecule has 43 heavy (non-hydrogen) atoms. The van der Waals surface area contributed by atoms with Crippen molar-refractivity contribution in [1.82, 2.24) is 0 Å². The summed E-state index contributed by atoms with van der Waals surface area (Å²) < 4.78 is 1.21. The monoisotopic (exact) mass is 587 g/mol. The maximum atomic E-state index is 2.36. The van der Waals surface area contributed by atoms with Crippen LogP contribution in [0.4, 0.5) is 0 Å². The molecule has 0 amide bonds. The molecule has 0 saturated carbocycles. The summed E-state index contributed by atoms with van der Waals surface area (Å²) in [6.45, 7) is 9.20. The lowest BCUT2D eigenvalue weighted by Crippen LogP contribution is -2.48. The largest absolute Gasteiger partial charge is 0.316 e. The van der Waals surface area contributed by atoms with Gasteiger partial charge in [0.1, 0.15) is 13.1 Å². The molecule has 0 atom stereocenters. The Hall–Kier alpha value is -2.12. The average Bonchev–Trinajstić information content (AvgIpc) is 3.03. The van der Waals surface area contributed by atoms with E-state index in [2.05, 4.69) is 98.8 Å². The second kappa shape index (κ2) is 26.3. The Kier molecular flexibility index (Phi) is 22.7. The number of rotatable bonds is 28. The van der Waals surface area contributed by atoms with Crippen molar-refractivity contribution in [2.45, 2.75) is 155 Å². The minimum Gasteiger partial charge on any atom is -0.316 e. The molecule has 0 aliphatic heterocycles. The molecule has 240 valence electrons. The zero-order valence-corrected chi connectivity index (χ0v) is 28.5. The lowest BCUT2D eigenvalue weighted by atomic mass is 10.0. The fourth-order valence-corrected chi connectivity index (χ4v) is 6.65. The number of benzene rings is 2. The average molecular weight is 587 g/mol. The van der Waals surface area contributed by atoms with Crippen LogP contribution in [-0.2, 0) is 13.1 Å². The van der Waals surface area contributed by atoms with Gasteiger partial charge in [-0.05, 0) is 65.2 Å². The van der Waals surface area contributed by atoms with Gasteiger partial charge in [-0.15, -0.1) is 0 Å². The van der Waals surface area contributed by atoms with Gasteiger partial charge in [0.2, 0.25) is 0 Å². The van der Waals surface area contributed by atoms with E-state index in [-0.39, 0.29) is 0 Å².